The molecule has 3 N–H and O–H groups in total. The van der Waals surface area contributed by atoms with Gasteiger partial charge in [0, 0.05) is 18.6 Å². The number of anilines is 1. The Kier molecular flexibility index (Phi) is 1.80. The Morgan fingerprint density at radius 3 is 3.15 bits per heavy atom. The van der Waals surface area contributed by atoms with Crippen molar-refractivity contribution in [2.45, 2.75) is 38.9 Å². The van der Waals surface area contributed by atoms with Gasteiger partial charge < -0.3 is 15.6 Å². The molecule has 1 aliphatic heterocycles. The third-order valence-corrected chi connectivity index (χ3v) is 2.68. The maximum Gasteiger partial charge on any atom is 0.200 e. The van der Waals surface area contributed by atoms with E-state index in [1.54, 1.807) is 0 Å². The van der Waals surface area contributed by atoms with Crippen LogP contribution in [0.3, 0.4) is 0 Å². The fraction of sp³-hybridized carbons (Fsp3) is 0.667. The van der Waals surface area contributed by atoms with E-state index in [1.807, 2.05) is 6.20 Å². The van der Waals surface area contributed by atoms with Crippen molar-refractivity contribution in [1.29, 1.82) is 0 Å². The average molecular weight is 180 g/mol. The predicted molar refractivity (Wildman–Crippen MR) is 52.2 cm³/mol. The molecule has 4 nitrogen and oxygen atoms in total. The Hall–Kier alpha value is -1.03. The fourth-order valence-electron chi connectivity index (χ4n) is 1.64. The number of nitrogens with two attached hydrogens (primary N) is 1. The number of fused-ring (bicyclic) bond motifs is 1. The lowest BCUT2D eigenvalue weighted by atomic mass is 10.0. The molecule has 0 aromatic carbocycles. The minimum Gasteiger partial charge on any atom is -0.369 e. The smallest absolute Gasteiger partial charge is 0.200 e. The topological polar surface area (TPSA) is 55.9 Å². The second-order valence-electron chi connectivity index (χ2n) is 4.25. The number of rotatable bonds is 0. The lowest BCUT2D eigenvalue weighted by Gasteiger charge is -2.23. The summed E-state index contributed by atoms with van der Waals surface area (Å²) in [5.41, 5.74) is 7.13. The molecule has 13 heavy (non-hydrogen) atoms. The first-order valence-electron chi connectivity index (χ1n) is 4.63. The van der Waals surface area contributed by atoms with Gasteiger partial charge in [-0.1, -0.05) is 0 Å². The molecule has 0 fully saturated rings. The molecule has 1 aromatic rings. The summed E-state index contributed by atoms with van der Waals surface area (Å²) in [5, 5.41) is 3.47. The van der Waals surface area contributed by atoms with Crippen LogP contribution in [0.25, 0.3) is 0 Å². The first-order chi connectivity index (χ1) is 6.08. The zero-order valence-corrected chi connectivity index (χ0v) is 8.17. The molecule has 2 rings (SSSR count). The summed E-state index contributed by atoms with van der Waals surface area (Å²) in [7, 11) is 0. The number of hydrogen-bond acceptors (Lipinski definition) is 3. The molecule has 0 saturated carbocycles. The van der Waals surface area contributed by atoms with E-state index in [2.05, 4.69) is 28.7 Å². The van der Waals surface area contributed by atoms with Crippen LogP contribution in [-0.2, 0) is 13.1 Å². The fourth-order valence-corrected chi connectivity index (χ4v) is 1.64. The van der Waals surface area contributed by atoms with Crippen molar-refractivity contribution >= 4 is 5.95 Å². The minimum absolute atomic E-state index is 0.200. The Morgan fingerprint density at radius 2 is 2.38 bits per heavy atom. The summed E-state index contributed by atoms with van der Waals surface area (Å²) in [4.78, 5) is 4.09. The van der Waals surface area contributed by atoms with Crippen LogP contribution in [0.2, 0.25) is 0 Å². The van der Waals surface area contributed by atoms with Gasteiger partial charge in [0.05, 0.1) is 11.9 Å². The van der Waals surface area contributed by atoms with Crippen LogP contribution in [0.15, 0.2) is 6.20 Å². The van der Waals surface area contributed by atoms with Crippen molar-refractivity contribution in [3.63, 3.8) is 0 Å². The number of nitrogens with one attached hydrogen (secondary N) is 1. The van der Waals surface area contributed by atoms with Crippen molar-refractivity contribution in [2.24, 2.45) is 0 Å². The summed E-state index contributed by atoms with van der Waals surface area (Å²) in [5.74, 6) is 0.634. The molecule has 4 heteroatoms. The molecule has 0 atom stereocenters. The highest BCUT2D eigenvalue weighted by molar-refractivity contribution is 5.23. The average Bonchev–Trinajstić information content (AvgIpc) is 2.32. The molecule has 0 spiro atoms. The Bertz CT molecular complexity index is 313. The molecule has 1 aromatic heterocycles. The highest BCUT2D eigenvalue weighted by Crippen LogP contribution is 2.19. The van der Waals surface area contributed by atoms with E-state index < -0.39 is 0 Å². The van der Waals surface area contributed by atoms with Gasteiger partial charge in [0.1, 0.15) is 0 Å². The highest BCUT2D eigenvalue weighted by atomic mass is 15.2. The maximum atomic E-state index is 5.74. The van der Waals surface area contributed by atoms with Crippen LogP contribution in [0, 0.1) is 0 Å². The van der Waals surface area contributed by atoms with Gasteiger partial charge in [-0.25, -0.2) is 4.98 Å². The SMILES string of the molecule is CC1(C)CCn2c(cnc2N)CN1. The summed E-state index contributed by atoms with van der Waals surface area (Å²) in [6.07, 6.45) is 2.93. The van der Waals surface area contributed by atoms with Crippen LogP contribution in [0.5, 0.6) is 0 Å². The van der Waals surface area contributed by atoms with Gasteiger partial charge >= 0.3 is 0 Å². The third kappa shape index (κ3) is 1.54. The molecule has 0 radical (unpaired) electrons. The van der Waals surface area contributed by atoms with E-state index >= 15 is 0 Å². The standard InChI is InChI=1S/C9H16N4/c1-9(2)3-4-13-7(6-12-9)5-11-8(13)10/h5,12H,3-4,6H2,1-2H3,(H2,10,11). The lowest BCUT2D eigenvalue weighted by Crippen LogP contribution is -2.37. The van der Waals surface area contributed by atoms with Crippen LogP contribution in [-0.4, -0.2) is 15.1 Å². The van der Waals surface area contributed by atoms with Crippen molar-refractivity contribution in [2.75, 3.05) is 5.73 Å². The second-order valence-corrected chi connectivity index (χ2v) is 4.25. The van der Waals surface area contributed by atoms with E-state index in [-0.39, 0.29) is 5.54 Å². The van der Waals surface area contributed by atoms with E-state index in [4.69, 9.17) is 5.73 Å². The van der Waals surface area contributed by atoms with Crippen molar-refractivity contribution < 1.29 is 0 Å². The molecule has 0 bridgehead atoms. The molecule has 2 heterocycles. The van der Waals surface area contributed by atoms with Crippen LogP contribution < -0.4 is 11.1 Å². The van der Waals surface area contributed by atoms with Gasteiger partial charge in [0.25, 0.3) is 0 Å². The van der Waals surface area contributed by atoms with Crippen LogP contribution >= 0.6 is 0 Å². The number of imidazole rings is 1. The van der Waals surface area contributed by atoms with Gasteiger partial charge in [-0.05, 0) is 20.3 Å². The zero-order valence-electron chi connectivity index (χ0n) is 8.17. The number of hydrogen-bond donors (Lipinski definition) is 2. The van der Waals surface area contributed by atoms with E-state index in [1.165, 1.54) is 5.69 Å². The van der Waals surface area contributed by atoms with Gasteiger partial charge in [-0.15, -0.1) is 0 Å². The maximum absolute atomic E-state index is 5.74. The van der Waals surface area contributed by atoms with E-state index in [0.29, 0.717) is 5.95 Å². The number of nitrogens with zero attached hydrogens (tertiary/aromatic N) is 2. The quantitative estimate of drug-likeness (QED) is 0.619. The Labute approximate surface area is 78.1 Å². The number of nitrogen functional groups attached to an aromatic ring is 1. The van der Waals surface area contributed by atoms with Crippen LogP contribution in [0.4, 0.5) is 5.95 Å². The van der Waals surface area contributed by atoms with Gasteiger partial charge in [-0.3, -0.25) is 0 Å². The van der Waals surface area contributed by atoms with Crippen molar-refractivity contribution in [3.8, 4) is 0 Å². The first-order valence-corrected chi connectivity index (χ1v) is 4.63. The van der Waals surface area contributed by atoms with Crippen molar-refractivity contribution in [3.05, 3.63) is 11.9 Å². The highest BCUT2D eigenvalue weighted by Gasteiger charge is 2.22. The molecular formula is C9H16N4. The zero-order chi connectivity index (χ0) is 9.47. The predicted octanol–water partition coefficient (Wildman–Crippen LogP) is 0.737. The molecule has 0 aliphatic carbocycles. The normalized spacial score (nSPS) is 20.8. The first kappa shape index (κ1) is 8.56. The molecular weight excluding hydrogens is 164 g/mol. The summed E-state index contributed by atoms with van der Waals surface area (Å²) in [6.45, 7) is 6.24. The second kappa shape index (κ2) is 2.73. The minimum atomic E-state index is 0.200. The molecule has 72 valence electrons. The van der Waals surface area contributed by atoms with Gasteiger partial charge in [0.15, 0.2) is 5.95 Å². The number of aromatic nitrogens is 2. The summed E-state index contributed by atoms with van der Waals surface area (Å²) >= 11 is 0. The van der Waals surface area contributed by atoms with E-state index in [9.17, 15) is 0 Å². The summed E-state index contributed by atoms with van der Waals surface area (Å²) < 4.78 is 2.09. The van der Waals surface area contributed by atoms with Gasteiger partial charge in [0.2, 0.25) is 0 Å². The molecule has 0 unspecified atom stereocenters. The molecule has 0 saturated heterocycles. The van der Waals surface area contributed by atoms with Gasteiger partial charge in [-0.2, -0.15) is 0 Å². The Morgan fingerprint density at radius 1 is 1.62 bits per heavy atom. The lowest BCUT2D eigenvalue weighted by molar-refractivity contribution is 0.364. The summed E-state index contributed by atoms with van der Waals surface area (Å²) in [6, 6.07) is 0. The largest absolute Gasteiger partial charge is 0.369 e. The van der Waals surface area contributed by atoms with Crippen LogP contribution in [0.1, 0.15) is 26.0 Å². The Balaban J connectivity index is 2.28. The molecule has 1 aliphatic rings. The third-order valence-electron chi connectivity index (χ3n) is 2.68. The van der Waals surface area contributed by atoms with E-state index in [0.717, 1.165) is 19.5 Å². The monoisotopic (exact) mass is 180 g/mol. The molecule has 0 amide bonds. The van der Waals surface area contributed by atoms with Crippen molar-refractivity contribution in [1.82, 2.24) is 14.9 Å².